The van der Waals surface area contributed by atoms with E-state index in [9.17, 15) is 4.79 Å². The van der Waals surface area contributed by atoms with Crippen LogP contribution >= 0.6 is 0 Å². The summed E-state index contributed by atoms with van der Waals surface area (Å²) in [6, 6.07) is 0. The molecule has 5 rings (SSSR count). The molecule has 1 aliphatic carbocycles. The Morgan fingerprint density at radius 2 is 1.84 bits per heavy atom. The number of rotatable bonds is 5. The molecule has 3 aromatic rings. The Morgan fingerprint density at radius 3 is 2.48 bits per heavy atom. The number of ether oxygens (including phenoxy) is 1. The van der Waals surface area contributed by atoms with Gasteiger partial charge in [0, 0.05) is 31.7 Å². The number of aryl methyl sites for hydroxylation is 1. The number of hydrogen-bond donors (Lipinski definition) is 1. The van der Waals surface area contributed by atoms with Crippen molar-refractivity contribution in [2.75, 3.05) is 43.5 Å². The summed E-state index contributed by atoms with van der Waals surface area (Å²) in [6.07, 6.45) is 6.93. The van der Waals surface area contributed by atoms with Gasteiger partial charge in [0.15, 0.2) is 5.75 Å². The van der Waals surface area contributed by atoms with Crippen molar-refractivity contribution in [1.82, 2.24) is 24.8 Å². The van der Waals surface area contributed by atoms with Crippen LogP contribution in [-0.4, -0.2) is 69.6 Å². The van der Waals surface area contributed by atoms with Crippen LogP contribution < -0.4 is 15.0 Å². The normalized spacial score (nSPS) is 17.6. The van der Waals surface area contributed by atoms with Crippen LogP contribution in [0.4, 0.5) is 11.8 Å². The predicted octanol–water partition coefficient (Wildman–Crippen LogP) is 2.26. The summed E-state index contributed by atoms with van der Waals surface area (Å²) in [5.41, 5.74) is 1.00. The molecule has 1 saturated carbocycles. The van der Waals surface area contributed by atoms with Gasteiger partial charge in [-0.05, 0) is 26.7 Å². The van der Waals surface area contributed by atoms with E-state index in [1.54, 1.807) is 26.4 Å². The van der Waals surface area contributed by atoms with Crippen LogP contribution in [0.5, 0.6) is 5.75 Å². The molecule has 1 saturated heterocycles. The Balaban J connectivity index is 1.36. The van der Waals surface area contributed by atoms with Gasteiger partial charge in [-0.15, -0.1) is 0 Å². The monoisotopic (exact) mass is 423 g/mol. The molecule has 10 nitrogen and oxygen atoms in total. The van der Waals surface area contributed by atoms with Crippen molar-refractivity contribution in [2.45, 2.75) is 32.2 Å². The molecule has 0 spiro atoms. The van der Waals surface area contributed by atoms with Gasteiger partial charge in [-0.2, -0.15) is 0 Å². The first-order chi connectivity index (χ1) is 15.0. The molecule has 1 amide bonds. The number of aromatic nitrogens is 4. The summed E-state index contributed by atoms with van der Waals surface area (Å²) in [7, 11) is 1.58. The topological polar surface area (TPSA) is 110 Å². The molecular formula is C21H25N7O3. The second kappa shape index (κ2) is 7.36. The third-order valence-corrected chi connectivity index (χ3v) is 6.00. The standard InChI is InChI=1S/C21H25N7O3/c1-13-15(16-17(26-21(2)4-5-21)24-12-25-18(16)31-13)19(29)27-6-8-28(9-7-27)20-22-10-14(30-3)11-23-20/h10-12H,4-9H2,1-3H3,(H,24,25,26). The van der Waals surface area contributed by atoms with E-state index in [4.69, 9.17) is 9.15 Å². The zero-order valence-electron chi connectivity index (χ0n) is 17.9. The lowest BCUT2D eigenvalue weighted by Gasteiger charge is -2.34. The van der Waals surface area contributed by atoms with Crippen molar-refractivity contribution in [2.24, 2.45) is 0 Å². The number of nitrogens with zero attached hydrogens (tertiary/aromatic N) is 6. The first kappa shape index (κ1) is 19.5. The van der Waals surface area contributed by atoms with Gasteiger partial charge in [-0.25, -0.2) is 19.9 Å². The number of fused-ring (bicyclic) bond motifs is 1. The van der Waals surface area contributed by atoms with E-state index in [1.807, 2.05) is 4.90 Å². The number of furan rings is 1. The lowest BCUT2D eigenvalue weighted by Crippen LogP contribution is -2.49. The van der Waals surface area contributed by atoms with Crippen LogP contribution in [0.25, 0.3) is 11.1 Å². The Kier molecular flexibility index (Phi) is 4.64. The Labute approximate surface area is 179 Å². The van der Waals surface area contributed by atoms with Gasteiger partial charge in [0.25, 0.3) is 5.91 Å². The van der Waals surface area contributed by atoms with Crippen molar-refractivity contribution in [3.63, 3.8) is 0 Å². The van der Waals surface area contributed by atoms with Gasteiger partial charge in [-0.3, -0.25) is 4.79 Å². The summed E-state index contributed by atoms with van der Waals surface area (Å²) in [6.45, 7) is 6.37. The molecular weight excluding hydrogens is 398 g/mol. The Morgan fingerprint density at radius 1 is 1.13 bits per heavy atom. The SMILES string of the molecule is COc1cnc(N2CCN(C(=O)c3c(C)oc4ncnc(NC5(C)CC5)c34)CC2)nc1. The van der Waals surface area contributed by atoms with Crippen molar-refractivity contribution in [3.8, 4) is 5.75 Å². The van der Waals surface area contributed by atoms with Gasteiger partial charge in [-0.1, -0.05) is 0 Å². The molecule has 162 valence electrons. The number of methoxy groups -OCH3 is 1. The highest BCUT2D eigenvalue weighted by atomic mass is 16.5. The third-order valence-electron chi connectivity index (χ3n) is 6.00. The smallest absolute Gasteiger partial charge is 0.258 e. The fourth-order valence-electron chi connectivity index (χ4n) is 3.84. The zero-order chi connectivity index (χ0) is 21.6. The summed E-state index contributed by atoms with van der Waals surface area (Å²) in [4.78, 5) is 34.7. The van der Waals surface area contributed by atoms with E-state index >= 15 is 0 Å². The van der Waals surface area contributed by atoms with Crippen molar-refractivity contribution < 1.29 is 13.9 Å². The third kappa shape index (κ3) is 3.62. The maximum absolute atomic E-state index is 13.5. The van der Waals surface area contributed by atoms with Crippen LogP contribution in [0.3, 0.4) is 0 Å². The molecule has 1 N–H and O–H groups in total. The lowest BCUT2D eigenvalue weighted by atomic mass is 10.1. The fraction of sp³-hybridized carbons (Fsp3) is 0.476. The number of carbonyl (C=O) groups is 1. The Bertz CT molecular complexity index is 1120. The molecule has 10 heteroatoms. The van der Waals surface area contributed by atoms with Crippen LogP contribution in [0.1, 0.15) is 35.9 Å². The predicted molar refractivity (Wildman–Crippen MR) is 115 cm³/mol. The average Bonchev–Trinajstić information content (AvgIpc) is 3.41. The van der Waals surface area contributed by atoms with Crippen LogP contribution in [0.15, 0.2) is 23.1 Å². The average molecular weight is 423 g/mol. The summed E-state index contributed by atoms with van der Waals surface area (Å²) < 4.78 is 10.9. The maximum Gasteiger partial charge on any atom is 0.258 e. The van der Waals surface area contributed by atoms with Gasteiger partial charge in [0.1, 0.15) is 17.9 Å². The first-order valence-electron chi connectivity index (χ1n) is 10.4. The van der Waals surface area contributed by atoms with E-state index in [-0.39, 0.29) is 11.4 Å². The summed E-state index contributed by atoms with van der Waals surface area (Å²) >= 11 is 0. The van der Waals surface area contributed by atoms with Gasteiger partial charge in [0.05, 0.1) is 30.5 Å². The lowest BCUT2D eigenvalue weighted by molar-refractivity contribution is 0.0746. The highest BCUT2D eigenvalue weighted by Crippen LogP contribution is 2.40. The minimum absolute atomic E-state index is 0.0246. The minimum atomic E-state index is -0.0645. The zero-order valence-corrected chi connectivity index (χ0v) is 17.9. The Hall–Kier alpha value is -3.43. The van der Waals surface area contributed by atoms with Crippen molar-refractivity contribution >= 4 is 28.8 Å². The van der Waals surface area contributed by atoms with Crippen LogP contribution in [-0.2, 0) is 0 Å². The van der Waals surface area contributed by atoms with Crippen molar-refractivity contribution in [3.05, 3.63) is 30.0 Å². The highest BCUT2D eigenvalue weighted by Gasteiger charge is 2.39. The largest absolute Gasteiger partial charge is 0.494 e. The summed E-state index contributed by atoms with van der Waals surface area (Å²) in [5, 5.41) is 4.13. The molecule has 0 aromatic carbocycles. The van der Waals surface area contributed by atoms with Gasteiger partial charge in [0.2, 0.25) is 11.7 Å². The van der Waals surface area contributed by atoms with E-state index in [2.05, 4.69) is 37.1 Å². The van der Waals surface area contributed by atoms with E-state index in [1.165, 1.54) is 6.33 Å². The van der Waals surface area contributed by atoms with Gasteiger partial charge < -0.3 is 24.3 Å². The number of carbonyl (C=O) groups excluding carboxylic acids is 1. The number of anilines is 2. The van der Waals surface area contributed by atoms with E-state index < -0.39 is 0 Å². The maximum atomic E-state index is 13.5. The molecule has 0 bridgehead atoms. The molecule has 0 atom stereocenters. The second-order valence-corrected chi connectivity index (χ2v) is 8.32. The molecule has 2 aliphatic rings. The van der Waals surface area contributed by atoms with Crippen molar-refractivity contribution in [1.29, 1.82) is 0 Å². The number of piperazine rings is 1. The molecule has 4 heterocycles. The van der Waals surface area contributed by atoms with E-state index in [0.717, 1.165) is 12.8 Å². The summed E-state index contributed by atoms with van der Waals surface area (Å²) in [5.74, 6) is 2.41. The molecule has 1 aliphatic heterocycles. The van der Waals surface area contributed by atoms with Crippen LogP contribution in [0.2, 0.25) is 0 Å². The quantitative estimate of drug-likeness (QED) is 0.661. The molecule has 31 heavy (non-hydrogen) atoms. The minimum Gasteiger partial charge on any atom is -0.494 e. The number of amides is 1. The second-order valence-electron chi connectivity index (χ2n) is 8.32. The molecule has 2 fully saturated rings. The first-order valence-corrected chi connectivity index (χ1v) is 10.4. The molecule has 0 radical (unpaired) electrons. The van der Waals surface area contributed by atoms with E-state index in [0.29, 0.717) is 66.1 Å². The molecule has 3 aromatic heterocycles. The van der Waals surface area contributed by atoms with Gasteiger partial charge >= 0.3 is 0 Å². The fourth-order valence-corrected chi connectivity index (χ4v) is 3.84. The molecule has 0 unspecified atom stereocenters. The number of nitrogens with one attached hydrogen (secondary N) is 1. The highest BCUT2D eigenvalue weighted by molar-refractivity contribution is 6.10. The van der Waals surface area contributed by atoms with Crippen LogP contribution in [0, 0.1) is 6.92 Å². The number of hydrogen-bond acceptors (Lipinski definition) is 9.